The monoisotopic (exact) mass is 563 g/mol. The van der Waals surface area contributed by atoms with Crippen LogP contribution in [0.4, 0.5) is 5.69 Å². The van der Waals surface area contributed by atoms with Crippen LogP contribution in [0.3, 0.4) is 0 Å². The molecule has 8 heteroatoms. The minimum absolute atomic E-state index is 0.0860. The number of hydrogen-bond acceptors (Lipinski definition) is 4. The summed E-state index contributed by atoms with van der Waals surface area (Å²) in [7, 11) is -4.08. The first-order valence-corrected chi connectivity index (χ1v) is 15.1. The van der Waals surface area contributed by atoms with E-state index in [0.717, 1.165) is 15.4 Å². The van der Waals surface area contributed by atoms with Crippen molar-refractivity contribution < 1.29 is 18.0 Å². The number of nitrogens with zero attached hydrogens (tertiary/aromatic N) is 2. The molecule has 0 saturated heterocycles. The van der Waals surface area contributed by atoms with Gasteiger partial charge in [-0.05, 0) is 68.5 Å². The summed E-state index contributed by atoms with van der Waals surface area (Å²) in [5.41, 5.74) is 1.79. The number of nitrogens with one attached hydrogen (secondary N) is 1. The van der Waals surface area contributed by atoms with Crippen molar-refractivity contribution in [2.75, 3.05) is 10.8 Å². The summed E-state index contributed by atoms with van der Waals surface area (Å²) in [6.07, 6.45) is 0.370. The predicted molar refractivity (Wildman–Crippen MR) is 160 cm³/mol. The Balaban J connectivity index is 2.06. The van der Waals surface area contributed by atoms with Crippen LogP contribution in [0, 0.1) is 0 Å². The van der Waals surface area contributed by atoms with Gasteiger partial charge in [-0.1, -0.05) is 81.4 Å². The molecular weight excluding hydrogens is 522 g/mol. The molecule has 214 valence electrons. The number of carbonyl (C=O) groups is 2. The largest absolute Gasteiger partial charge is 0.350 e. The number of hydrogen-bond donors (Lipinski definition) is 1. The third-order valence-electron chi connectivity index (χ3n) is 6.54. The van der Waals surface area contributed by atoms with Crippen molar-refractivity contribution in [3.63, 3.8) is 0 Å². The summed E-state index contributed by atoms with van der Waals surface area (Å²) < 4.78 is 28.9. The summed E-state index contributed by atoms with van der Waals surface area (Å²) in [5, 5.41) is 2.98. The molecule has 0 spiro atoms. The van der Waals surface area contributed by atoms with Gasteiger partial charge in [-0.25, -0.2) is 8.42 Å². The third kappa shape index (κ3) is 7.94. The number of sulfonamides is 1. The highest BCUT2D eigenvalue weighted by atomic mass is 32.2. The Bertz CT molecular complexity index is 1370. The van der Waals surface area contributed by atoms with Gasteiger partial charge in [0.1, 0.15) is 12.6 Å². The number of anilines is 1. The molecule has 1 unspecified atom stereocenters. The molecule has 3 aromatic carbocycles. The van der Waals surface area contributed by atoms with Gasteiger partial charge < -0.3 is 10.2 Å². The van der Waals surface area contributed by atoms with Gasteiger partial charge in [0, 0.05) is 12.1 Å². The highest BCUT2D eigenvalue weighted by Crippen LogP contribution is 2.27. The molecule has 40 heavy (non-hydrogen) atoms. The SMILES string of the molecule is CCC(C(=O)NC(C)(C)C)N(Cc1ccccc1)C(=O)CN(c1ccc(C(C)C)cc1)S(=O)(=O)c1ccccc1. The molecule has 7 nitrogen and oxygen atoms in total. The molecule has 1 atom stereocenters. The minimum Gasteiger partial charge on any atom is -0.350 e. The summed E-state index contributed by atoms with van der Waals surface area (Å²) in [5.74, 6) is -0.479. The van der Waals surface area contributed by atoms with Crippen molar-refractivity contribution in [2.24, 2.45) is 0 Å². The quantitative estimate of drug-likeness (QED) is 0.323. The van der Waals surface area contributed by atoms with Crippen molar-refractivity contribution in [3.05, 3.63) is 96.1 Å². The smallest absolute Gasteiger partial charge is 0.264 e. The molecule has 1 N–H and O–H groups in total. The summed E-state index contributed by atoms with van der Waals surface area (Å²) >= 11 is 0. The average molecular weight is 564 g/mol. The Hall–Kier alpha value is -3.65. The van der Waals surface area contributed by atoms with Gasteiger partial charge in [-0.2, -0.15) is 0 Å². The highest BCUT2D eigenvalue weighted by Gasteiger charge is 2.34. The lowest BCUT2D eigenvalue weighted by Crippen LogP contribution is -2.55. The topological polar surface area (TPSA) is 86.8 Å². The van der Waals surface area contributed by atoms with Gasteiger partial charge in [0.25, 0.3) is 10.0 Å². The first-order valence-electron chi connectivity index (χ1n) is 13.7. The maximum absolute atomic E-state index is 14.1. The lowest BCUT2D eigenvalue weighted by molar-refractivity contribution is -0.141. The fourth-order valence-electron chi connectivity index (χ4n) is 4.43. The summed E-state index contributed by atoms with van der Waals surface area (Å²) in [6, 6.07) is 23.9. The van der Waals surface area contributed by atoms with Gasteiger partial charge in [-0.3, -0.25) is 13.9 Å². The van der Waals surface area contributed by atoms with E-state index < -0.39 is 34.1 Å². The van der Waals surface area contributed by atoms with Crippen molar-refractivity contribution in [1.82, 2.24) is 10.2 Å². The molecule has 0 fully saturated rings. The zero-order valence-corrected chi connectivity index (χ0v) is 25.1. The van der Waals surface area contributed by atoms with Crippen molar-refractivity contribution in [2.45, 2.75) is 76.9 Å². The van der Waals surface area contributed by atoms with Crippen LogP contribution in [0.15, 0.2) is 89.8 Å². The normalized spacial score (nSPS) is 12.6. The van der Waals surface area contributed by atoms with E-state index in [4.69, 9.17) is 0 Å². The Morgan fingerprint density at radius 2 is 1.40 bits per heavy atom. The van der Waals surface area contributed by atoms with E-state index in [-0.39, 0.29) is 23.3 Å². The molecule has 0 aromatic heterocycles. The molecule has 3 rings (SSSR count). The second kappa shape index (κ2) is 13.1. The standard InChI is InChI=1S/C32H41N3O4S/c1-7-29(31(37)33-32(4,5)6)34(22-25-14-10-8-11-15-25)30(36)23-35(27-20-18-26(19-21-27)24(2)3)40(38,39)28-16-12-9-13-17-28/h8-21,24,29H,7,22-23H2,1-6H3,(H,33,37). The number of benzene rings is 3. The molecule has 0 aliphatic heterocycles. The molecule has 0 aliphatic rings. The van der Waals surface area contributed by atoms with E-state index in [2.05, 4.69) is 19.2 Å². The summed E-state index contributed by atoms with van der Waals surface area (Å²) in [6.45, 7) is 11.3. The predicted octanol–water partition coefficient (Wildman–Crippen LogP) is 5.73. The zero-order valence-electron chi connectivity index (χ0n) is 24.3. The van der Waals surface area contributed by atoms with Crippen LogP contribution in [0.1, 0.15) is 65.0 Å². The average Bonchev–Trinajstić information content (AvgIpc) is 2.91. The van der Waals surface area contributed by atoms with Gasteiger partial charge in [0.2, 0.25) is 11.8 Å². The minimum atomic E-state index is -4.08. The highest BCUT2D eigenvalue weighted by molar-refractivity contribution is 7.92. The van der Waals surface area contributed by atoms with Crippen LogP contribution < -0.4 is 9.62 Å². The Kier molecular flexibility index (Phi) is 10.1. The molecule has 0 heterocycles. The van der Waals surface area contributed by atoms with Crippen molar-refractivity contribution in [3.8, 4) is 0 Å². The maximum atomic E-state index is 14.1. The van der Waals surface area contributed by atoms with Crippen LogP contribution >= 0.6 is 0 Å². The van der Waals surface area contributed by atoms with E-state index in [0.29, 0.717) is 12.1 Å². The van der Waals surface area contributed by atoms with E-state index in [9.17, 15) is 18.0 Å². The van der Waals surface area contributed by atoms with E-state index in [1.165, 1.54) is 17.0 Å². The van der Waals surface area contributed by atoms with Gasteiger partial charge >= 0.3 is 0 Å². The maximum Gasteiger partial charge on any atom is 0.264 e. The third-order valence-corrected chi connectivity index (χ3v) is 8.33. The first-order chi connectivity index (χ1) is 18.8. The van der Waals surface area contributed by atoms with E-state index >= 15 is 0 Å². The van der Waals surface area contributed by atoms with Crippen LogP contribution in [-0.4, -0.2) is 43.3 Å². The lowest BCUT2D eigenvalue weighted by Gasteiger charge is -2.34. The Morgan fingerprint density at radius 3 is 1.90 bits per heavy atom. The second-order valence-electron chi connectivity index (χ2n) is 11.2. The van der Waals surface area contributed by atoms with Gasteiger partial charge in [0.15, 0.2) is 0 Å². The number of carbonyl (C=O) groups excluding carboxylic acids is 2. The molecule has 3 aromatic rings. The Labute approximate surface area is 239 Å². The second-order valence-corrected chi connectivity index (χ2v) is 13.1. The first kappa shape index (κ1) is 30.9. The molecule has 2 amide bonds. The molecule has 0 radical (unpaired) electrons. The lowest BCUT2D eigenvalue weighted by atomic mass is 10.0. The molecule has 0 aliphatic carbocycles. The zero-order chi connectivity index (χ0) is 29.5. The van der Waals surface area contributed by atoms with Crippen LogP contribution in [0.25, 0.3) is 0 Å². The fraction of sp³-hybridized carbons (Fsp3) is 0.375. The van der Waals surface area contributed by atoms with Crippen molar-refractivity contribution in [1.29, 1.82) is 0 Å². The van der Waals surface area contributed by atoms with Crippen molar-refractivity contribution >= 4 is 27.5 Å². The van der Waals surface area contributed by atoms with Crippen LogP contribution in [-0.2, 0) is 26.2 Å². The summed E-state index contributed by atoms with van der Waals surface area (Å²) in [4.78, 5) is 29.0. The van der Waals surface area contributed by atoms with Gasteiger partial charge in [0.05, 0.1) is 10.6 Å². The molecular formula is C32H41N3O4S. The van der Waals surface area contributed by atoms with Crippen LogP contribution in [0.5, 0.6) is 0 Å². The van der Waals surface area contributed by atoms with E-state index in [1.807, 2.05) is 70.2 Å². The molecule has 0 bridgehead atoms. The number of rotatable bonds is 11. The van der Waals surface area contributed by atoms with Crippen LogP contribution in [0.2, 0.25) is 0 Å². The fourth-order valence-corrected chi connectivity index (χ4v) is 5.86. The Morgan fingerprint density at radius 1 is 0.850 bits per heavy atom. The van der Waals surface area contributed by atoms with E-state index in [1.54, 1.807) is 30.3 Å². The van der Waals surface area contributed by atoms with Gasteiger partial charge in [-0.15, -0.1) is 0 Å². The number of amides is 2. The molecule has 0 saturated carbocycles.